The van der Waals surface area contributed by atoms with E-state index in [4.69, 9.17) is 4.74 Å². The smallest absolute Gasteiger partial charge is 0.365 e. The van der Waals surface area contributed by atoms with Crippen LogP contribution < -0.4 is 5.69 Å². The van der Waals surface area contributed by atoms with Gasteiger partial charge >= 0.3 is 11.9 Å². The second-order valence-corrected chi connectivity index (χ2v) is 8.28. The van der Waals surface area contributed by atoms with Crippen LogP contribution in [0.2, 0.25) is 0 Å². The number of imidazole rings is 1. The first-order valence-electron chi connectivity index (χ1n) is 9.59. The van der Waals surface area contributed by atoms with Crippen LogP contribution in [0.3, 0.4) is 0 Å². The summed E-state index contributed by atoms with van der Waals surface area (Å²) in [6, 6.07) is 12.5. The molecule has 0 radical (unpaired) electrons. The standard InChI is InChI=1S/C21H19BrF3N3O3/c1-13-3-2-4-16-19(13)28(15-7-5-14(22)6-8-15)20(30)27(16)12-18(29)26-9-10-31-17(11-26)21(23,24)25/h2-8,17H,9-12H2,1H3/t17-/m1/s1. The van der Waals surface area contributed by atoms with Gasteiger partial charge < -0.3 is 9.64 Å². The van der Waals surface area contributed by atoms with Crippen LogP contribution >= 0.6 is 15.9 Å². The number of nitrogens with zero attached hydrogens (tertiary/aromatic N) is 3. The zero-order valence-electron chi connectivity index (χ0n) is 16.5. The Morgan fingerprint density at radius 1 is 1.19 bits per heavy atom. The number of amides is 1. The topological polar surface area (TPSA) is 56.5 Å². The van der Waals surface area contributed by atoms with E-state index >= 15 is 0 Å². The van der Waals surface area contributed by atoms with Crippen LogP contribution in [-0.2, 0) is 16.1 Å². The lowest BCUT2D eigenvalue weighted by Gasteiger charge is -2.33. The highest BCUT2D eigenvalue weighted by Gasteiger charge is 2.44. The van der Waals surface area contributed by atoms with Crippen molar-refractivity contribution in [2.75, 3.05) is 19.7 Å². The third-order valence-electron chi connectivity index (χ3n) is 5.32. The predicted molar refractivity (Wildman–Crippen MR) is 112 cm³/mol. The van der Waals surface area contributed by atoms with Crippen LogP contribution in [0.1, 0.15) is 5.56 Å². The van der Waals surface area contributed by atoms with Gasteiger partial charge in [0.05, 0.1) is 29.9 Å². The number of carbonyl (C=O) groups excluding carboxylic acids is 1. The van der Waals surface area contributed by atoms with E-state index in [1.807, 2.05) is 13.0 Å². The molecular formula is C21H19BrF3N3O3. The molecule has 6 nitrogen and oxygen atoms in total. The lowest BCUT2D eigenvalue weighted by atomic mass is 10.2. The number of ether oxygens (including phenoxy) is 1. The van der Waals surface area contributed by atoms with Gasteiger partial charge in [0.15, 0.2) is 6.10 Å². The van der Waals surface area contributed by atoms with Gasteiger partial charge in [-0.1, -0.05) is 28.1 Å². The zero-order valence-corrected chi connectivity index (χ0v) is 18.1. The molecule has 1 saturated heterocycles. The fraction of sp³-hybridized carbons (Fsp3) is 0.333. The quantitative estimate of drug-likeness (QED) is 0.554. The second-order valence-electron chi connectivity index (χ2n) is 7.36. The van der Waals surface area contributed by atoms with E-state index in [9.17, 15) is 22.8 Å². The molecule has 1 amide bonds. The molecule has 1 aliphatic rings. The molecule has 164 valence electrons. The Morgan fingerprint density at radius 3 is 2.58 bits per heavy atom. The average Bonchev–Trinajstić information content (AvgIpc) is 3.01. The van der Waals surface area contributed by atoms with E-state index in [-0.39, 0.29) is 19.7 Å². The minimum atomic E-state index is -4.55. The fourth-order valence-electron chi connectivity index (χ4n) is 3.76. The third kappa shape index (κ3) is 4.14. The fourth-order valence-corrected chi connectivity index (χ4v) is 4.03. The highest BCUT2D eigenvalue weighted by Crippen LogP contribution is 2.26. The average molecular weight is 498 g/mol. The van der Waals surface area contributed by atoms with Crippen molar-refractivity contribution in [3.05, 3.63) is 63.0 Å². The monoisotopic (exact) mass is 497 g/mol. The Bertz CT molecular complexity index is 1180. The summed E-state index contributed by atoms with van der Waals surface area (Å²) in [4.78, 5) is 27.2. The van der Waals surface area contributed by atoms with E-state index in [2.05, 4.69) is 15.9 Å². The van der Waals surface area contributed by atoms with Crippen molar-refractivity contribution in [2.45, 2.75) is 25.7 Å². The molecule has 1 aliphatic heterocycles. The molecule has 0 saturated carbocycles. The van der Waals surface area contributed by atoms with Crippen molar-refractivity contribution in [1.82, 2.24) is 14.0 Å². The summed E-state index contributed by atoms with van der Waals surface area (Å²) in [7, 11) is 0. The molecule has 4 rings (SSSR count). The minimum absolute atomic E-state index is 0.0462. The van der Waals surface area contributed by atoms with Crippen molar-refractivity contribution in [3.8, 4) is 5.69 Å². The van der Waals surface area contributed by atoms with Gasteiger partial charge in [0, 0.05) is 11.0 Å². The van der Waals surface area contributed by atoms with Gasteiger partial charge in [-0.25, -0.2) is 4.79 Å². The molecule has 0 spiro atoms. The number of carbonyl (C=O) groups is 1. The number of para-hydroxylation sites is 1. The van der Waals surface area contributed by atoms with Crippen LogP contribution in [0, 0.1) is 6.92 Å². The predicted octanol–water partition coefficient (Wildman–Crippen LogP) is 3.65. The van der Waals surface area contributed by atoms with Crippen molar-refractivity contribution in [1.29, 1.82) is 0 Å². The number of morpholine rings is 1. The molecule has 2 aromatic carbocycles. The lowest BCUT2D eigenvalue weighted by Crippen LogP contribution is -2.52. The summed E-state index contributed by atoms with van der Waals surface area (Å²) in [6.45, 7) is 0.767. The maximum atomic E-state index is 13.3. The summed E-state index contributed by atoms with van der Waals surface area (Å²) in [5.41, 5.74) is 2.23. The Labute approximate surface area is 183 Å². The Balaban J connectivity index is 1.73. The molecule has 0 N–H and O–H groups in total. The minimum Gasteiger partial charge on any atom is -0.365 e. The molecule has 1 atom stereocenters. The summed E-state index contributed by atoms with van der Waals surface area (Å²) in [5.74, 6) is -0.559. The van der Waals surface area contributed by atoms with E-state index in [0.717, 1.165) is 14.9 Å². The highest BCUT2D eigenvalue weighted by molar-refractivity contribution is 9.10. The first kappa shape index (κ1) is 21.6. The Kier molecular flexibility index (Phi) is 5.69. The van der Waals surface area contributed by atoms with E-state index in [0.29, 0.717) is 16.7 Å². The number of fused-ring (bicyclic) bond motifs is 1. The SMILES string of the molecule is Cc1cccc2c1n(-c1ccc(Br)cc1)c(=O)n2CC(=O)N1CCO[C@@H](C(F)(F)F)C1. The van der Waals surface area contributed by atoms with Gasteiger partial charge in [0.1, 0.15) is 6.54 Å². The number of alkyl halides is 3. The molecule has 0 bridgehead atoms. The van der Waals surface area contributed by atoms with Gasteiger partial charge in [0.2, 0.25) is 5.91 Å². The van der Waals surface area contributed by atoms with Gasteiger partial charge in [0.25, 0.3) is 0 Å². The van der Waals surface area contributed by atoms with Crippen molar-refractivity contribution in [2.24, 2.45) is 0 Å². The molecule has 1 aromatic heterocycles. The first-order valence-corrected chi connectivity index (χ1v) is 10.4. The van der Waals surface area contributed by atoms with Crippen LogP contribution in [0.5, 0.6) is 0 Å². The summed E-state index contributed by atoms with van der Waals surface area (Å²) in [5, 5.41) is 0. The van der Waals surface area contributed by atoms with E-state index in [1.165, 1.54) is 9.13 Å². The van der Waals surface area contributed by atoms with Crippen molar-refractivity contribution < 1.29 is 22.7 Å². The normalized spacial score (nSPS) is 17.3. The van der Waals surface area contributed by atoms with Gasteiger partial charge in [-0.2, -0.15) is 13.2 Å². The van der Waals surface area contributed by atoms with Crippen molar-refractivity contribution >= 4 is 32.9 Å². The molecule has 0 unspecified atom stereocenters. The largest absolute Gasteiger partial charge is 0.416 e. The van der Waals surface area contributed by atoms with E-state index in [1.54, 1.807) is 36.4 Å². The number of aromatic nitrogens is 2. The number of hydrogen-bond donors (Lipinski definition) is 0. The maximum Gasteiger partial charge on any atom is 0.416 e. The Morgan fingerprint density at radius 2 is 1.90 bits per heavy atom. The third-order valence-corrected chi connectivity index (χ3v) is 5.84. The number of benzene rings is 2. The molecule has 3 aromatic rings. The van der Waals surface area contributed by atoms with Crippen LogP contribution in [-0.4, -0.2) is 51.9 Å². The van der Waals surface area contributed by atoms with Gasteiger partial charge in [-0.05, 0) is 42.8 Å². The number of rotatable bonds is 3. The second kappa shape index (κ2) is 8.16. The Hall–Kier alpha value is -2.59. The number of aryl methyl sites for hydroxylation is 1. The maximum absolute atomic E-state index is 13.3. The molecule has 10 heteroatoms. The number of hydrogen-bond acceptors (Lipinski definition) is 3. The number of halogens is 4. The molecule has 2 heterocycles. The lowest BCUT2D eigenvalue weighted by molar-refractivity contribution is -0.236. The zero-order chi connectivity index (χ0) is 22.3. The molecular weight excluding hydrogens is 479 g/mol. The first-order chi connectivity index (χ1) is 14.7. The van der Waals surface area contributed by atoms with Crippen LogP contribution in [0.15, 0.2) is 51.7 Å². The van der Waals surface area contributed by atoms with Crippen LogP contribution in [0.25, 0.3) is 16.7 Å². The van der Waals surface area contributed by atoms with Gasteiger partial charge in [-0.15, -0.1) is 0 Å². The van der Waals surface area contributed by atoms with Crippen LogP contribution in [0.4, 0.5) is 13.2 Å². The highest BCUT2D eigenvalue weighted by atomic mass is 79.9. The summed E-state index contributed by atoms with van der Waals surface area (Å²) in [6.07, 6.45) is -6.57. The molecule has 1 fully saturated rings. The summed E-state index contributed by atoms with van der Waals surface area (Å²) < 4.78 is 47.5. The van der Waals surface area contributed by atoms with E-state index < -0.39 is 30.4 Å². The van der Waals surface area contributed by atoms with Gasteiger partial charge in [-0.3, -0.25) is 13.9 Å². The van der Waals surface area contributed by atoms with Crippen molar-refractivity contribution in [3.63, 3.8) is 0 Å². The molecule has 31 heavy (non-hydrogen) atoms. The summed E-state index contributed by atoms with van der Waals surface area (Å²) >= 11 is 3.37. The molecule has 0 aliphatic carbocycles.